The molecule has 0 aliphatic rings. The van der Waals surface area contributed by atoms with Crippen LogP contribution < -0.4 is 10.6 Å². The maximum absolute atomic E-state index is 5.55. The molecule has 0 atom stereocenters. The zero-order chi connectivity index (χ0) is 12.0. The van der Waals surface area contributed by atoms with E-state index >= 15 is 0 Å². The Labute approximate surface area is 97.9 Å². The van der Waals surface area contributed by atoms with Crippen LogP contribution in [0.5, 0.6) is 0 Å². The summed E-state index contributed by atoms with van der Waals surface area (Å²) in [6.07, 6.45) is 2.12. The van der Waals surface area contributed by atoms with E-state index in [4.69, 9.17) is 5.73 Å². The molecule has 90 valence electrons. The van der Waals surface area contributed by atoms with Crippen LogP contribution in [0.25, 0.3) is 0 Å². The number of hydrogen-bond donors (Lipinski definition) is 1. The average Bonchev–Trinajstić information content (AvgIpc) is 2.22. The molecule has 0 aliphatic heterocycles. The van der Waals surface area contributed by atoms with E-state index in [1.807, 2.05) is 19.9 Å². The highest BCUT2D eigenvalue weighted by Gasteiger charge is 2.07. The quantitative estimate of drug-likeness (QED) is 0.795. The largest absolute Gasteiger partial charge is 0.356 e. The number of aromatic nitrogens is 2. The second kappa shape index (κ2) is 6.43. The first kappa shape index (κ1) is 12.9. The Morgan fingerprint density at radius 1 is 1.25 bits per heavy atom. The SMILES string of the molecule is CCCN(CCCN)c1cc(C)nc(C)n1. The number of rotatable bonds is 6. The Morgan fingerprint density at radius 2 is 2.00 bits per heavy atom. The molecule has 0 aliphatic carbocycles. The smallest absolute Gasteiger partial charge is 0.132 e. The molecule has 2 N–H and O–H groups in total. The summed E-state index contributed by atoms with van der Waals surface area (Å²) < 4.78 is 0. The minimum Gasteiger partial charge on any atom is -0.356 e. The highest BCUT2D eigenvalue weighted by atomic mass is 15.2. The zero-order valence-electron chi connectivity index (χ0n) is 10.5. The van der Waals surface area contributed by atoms with Gasteiger partial charge in [0, 0.05) is 24.8 Å². The molecule has 1 aromatic heterocycles. The Morgan fingerprint density at radius 3 is 2.56 bits per heavy atom. The van der Waals surface area contributed by atoms with Gasteiger partial charge >= 0.3 is 0 Å². The predicted octanol–water partition coefficient (Wildman–Crippen LogP) is 1.66. The van der Waals surface area contributed by atoms with Gasteiger partial charge in [0.1, 0.15) is 11.6 Å². The summed E-state index contributed by atoms with van der Waals surface area (Å²) in [5.74, 6) is 1.86. The Bertz CT molecular complexity index is 305. The van der Waals surface area contributed by atoms with Crippen LogP contribution in [-0.4, -0.2) is 29.6 Å². The molecule has 0 saturated carbocycles. The van der Waals surface area contributed by atoms with Crippen LogP contribution in [0.15, 0.2) is 6.07 Å². The third-order valence-corrected chi connectivity index (χ3v) is 2.40. The molecule has 0 fully saturated rings. The number of aryl methyl sites for hydroxylation is 2. The van der Waals surface area contributed by atoms with Crippen molar-refractivity contribution in [1.29, 1.82) is 0 Å². The molecule has 0 spiro atoms. The van der Waals surface area contributed by atoms with Gasteiger partial charge in [0.15, 0.2) is 0 Å². The Kier molecular flexibility index (Phi) is 5.19. The first-order valence-corrected chi connectivity index (χ1v) is 5.94. The maximum atomic E-state index is 5.55. The molecule has 0 unspecified atom stereocenters. The molecule has 0 saturated heterocycles. The summed E-state index contributed by atoms with van der Waals surface area (Å²) >= 11 is 0. The first-order chi connectivity index (χ1) is 7.67. The number of nitrogens with two attached hydrogens (primary N) is 1. The lowest BCUT2D eigenvalue weighted by atomic mass is 10.3. The van der Waals surface area contributed by atoms with E-state index in [0.717, 1.165) is 49.8 Å². The third kappa shape index (κ3) is 3.77. The fourth-order valence-electron chi connectivity index (χ4n) is 1.75. The summed E-state index contributed by atoms with van der Waals surface area (Å²) in [7, 11) is 0. The average molecular weight is 222 g/mol. The van der Waals surface area contributed by atoms with Crippen LogP contribution >= 0.6 is 0 Å². The molecule has 0 aromatic carbocycles. The van der Waals surface area contributed by atoms with E-state index in [-0.39, 0.29) is 0 Å². The molecule has 0 radical (unpaired) electrons. The van der Waals surface area contributed by atoms with Crippen molar-refractivity contribution in [3.63, 3.8) is 0 Å². The van der Waals surface area contributed by atoms with Crippen LogP contribution in [0.2, 0.25) is 0 Å². The van der Waals surface area contributed by atoms with Gasteiger partial charge in [-0.2, -0.15) is 0 Å². The van der Waals surface area contributed by atoms with Crippen LogP contribution in [0, 0.1) is 13.8 Å². The minimum absolute atomic E-state index is 0.725. The first-order valence-electron chi connectivity index (χ1n) is 5.94. The van der Waals surface area contributed by atoms with Gasteiger partial charge in [-0.1, -0.05) is 6.92 Å². The second-order valence-corrected chi connectivity index (χ2v) is 4.04. The normalized spacial score (nSPS) is 10.5. The van der Waals surface area contributed by atoms with Gasteiger partial charge in [-0.15, -0.1) is 0 Å². The lowest BCUT2D eigenvalue weighted by Crippen LogP contribution is -2.28. The molecule has 4 nitrogen and oxygen atoms in total. The maximum Gasteiger partial charge on any atom is 0.132 e. The van der Waals surface area contributed by atoms with Crippen molar-refractivity contribution in [2.45, 2.75) is 33.6 Å². The van der Waals surface area contributed by atoms with E-state index < -0.39 is 0 Å². The standard InChI is InChI=1S/C12H22N4/c1-4-7-16(8-5-6-13)12-9-10(2)14-11(3)15-12/h9H,4-8,13H2,1-3H3. The number of anilines is 1. The second-order valence-electron chi connectivity index (χ2n) is 4.04. The monoisotopic (exact) mass is 222 g/mol. The van der Waals surface area contributed by atoms with Gasteiger partial charge in [-0.05, 0) is 33.2 Å². The van der Waals surface area contributed by atoms with Gasteiger partial charge < -0.3 is 10.6 Å². The van der Waals surface area contributed by atoms with Crippen molar-refractivity contribution < 1.29 is 0 Å². The van der Waals surface area contributed by atoms with Gasteiger partial charge in [0.2, 0.25) is 0 Å². The number of nitrogens with zero attached hydrogens (tertiary/aromatic N) is 3. The van der Waals surface area contributed by atoms with Crippen molar-refractivity contribution >= 4 is 5.82 Å². The number of hydrogen-bond acceptors (Lipinski definition) is 4. The molecule has 0 bridgehead atoms. The molecule has 1 heterocycles. The lowest BCUT2D eigenvalue weighted by Gasteiger charge is -2.23. The molecular formula is C12H22N4. The van der Waals surface area contributed by atoms with Crippen molar-refractivity contribution in [3.8, 4) is 0 Å². The van der Waals surface area contributed by atoms with Crippen molar-refractivity contribution in [2.24, 2.45) is 5.73 Å². The summed E-state index contributed by atoms with van der Waals surface area (Å²) in [5.41, 5.74) is 6.58. The zero-order valence-corrected chi connectivity index (χ0v) is 10.5. The Hall–Kier alpha value is -1.16. The van der Waals surface area contributed by atoms with Crippen LogP contribution in [0.4, 0.5) is 5.82 Å². The van der Waals surface area contributed by atoms with E-state index in [9.17, 15) is 0 Å². The van der Waals surface area contributed by atoms with Gasteiger partial charge in [0.25, 0.3) is 0 Å². The summed E-state index contributed by atoms with van der Waals surface area (Å²) in [5, 5.41) is 0. The fourth-order valence-corrected chi connectivity index (χ4v) is 1.75. The van der Waals surface area contributed by atoms with Crippen molar-refractivity contribution in [2.75, 3.05) is 24.5 Å². The van der Waals surface area contributed by atoms with Crippen LogP contribution in [0.3, 0.4) is 0 Å². The molecule has 1 aromatic rings. The molecular weight excluding hydrogens is 200 g/mol. The van der Waals surface area contributed by atoms with Gasteiger partial charge in [-0.3, -0.25) is 0 Å². The predicted molar refractivity (Wildman–Crippen MR) is 67.7 cm³/mol. The van der Waals surface area contributed by atoms with Crippen LogP contribution in [-0.2, 0) is 0 Å². The van der Waals surface area contributed by atoms with Gasteiger partial charge in [0.05, 0.1) is 0 Å². The molecule has 1 rings (SSSR count). The molecule has 4 heteroatoms. The molecule has 0 amide bonds. The van der Waals surface area contributed by atoms with Gasteiger partial charge in [-0.25, -0.2) is 9.97 Å². The fraction of sp³-hybridized carbons (Fsp3) is 0.667. The van der Waals surface area contributed by atoms with E-state index in [1.54, 1.807) is 0 Å². The van der Waals surface area contributed by atoms with E-state index in [1.165, 1.54) is 0 Å². The van der Waals surface area contributed by atoms with Crippen LogP contribution in [0.1, 0.15) is 31.3 Å². The van der Waals surface area contributed by atoms with E-state index in [2.05, 4.69) is 21.8 Å². The Balaban J connectivity index is 2.82. The van der Waals surface area contributed by atoms with E-state index in [0.29, 0.717) is 0 Å². The molecule has 16 heavy (non-hydrogen) atoms. The van der Waals surface area contributed by atoms with Crippen molar-refractivity contribution in [3.05, 3.63) is 17.6 Å². The lowest BCUT2D eigenvalue weighted by molar-refractivity contribution is 0.707. The minimum atomic E-state index is 0.725. The highest BCUT2D eigenvalue weighted by molar-refractivity contribution is 5.39. The summed E-state index contributed by atoms with van der Waals surface area (Å²) in [4.78, 5) is 11.1. The summed E-state index contributed by atoms with van der Waals surface area (Å²) in [6.45, 7) is 8.84. The third-order valence-electron chi connectivity index (χ3n) is 2.40. The highest BCUT2D eigenvalue weighted by Crippen LogP contribution is 2.13. The van der Waals surface area contributed by atoms with Crippen molar-refractivity contribution in [1.82, 2.24) is 9.97 Å². The summed E-state index contributed by atoms with van der Waals surface area (Å²) in [6, 6.07) is 2.04. The topological polar surface area (TPSA) is 55.0 Å².